The maximum atomic E-state index is 11.9. The van der Waals surface area contributed by atoms with Crippen LogP contribution >= 0.6 is 0 Å². The molecule has 2 aromatic rings. The molecular formula is C21H18N2O3. The zero-order valence-electron chi connectivity index (χ0n) is 14.8. The van der Waals surface area contributed by atoms with Gasteiger partial charge in [-0.2, -0.15) is 5.26 Å². The molecule has 0 aliphatic heterocycles. The Bertz CT molecular complexity index is 935. The summed E-state index contributed by atoms with van der Waals surface area (Å²) in [6.45, 7) is 4.57. The van der Waals surface area contributed by atoms with E-state index in [1.165, 1.54) is 13.8 Å². The van der Waals surface area contributed by atoms with E-state index in [4.69, 9.17) is 4.74 Å². The molecule has 1 heterocycles. The Balaban J connectivity index is 2.56. The van der Waals surface area contributed by atoms with E-state index in [0.29, 0.717) is 11.3 Å². The molecule has 2 rings (SSSR count). The Morgan fingerprint density at radius 2 is 1.77 bits per heavy atom. The first-order valence-corrected chi connectivity index (χ1v) is 7.95. The highest BCUT2D eigenvalue weighted by Gasteiger charge is 2.12. The van der Waals surface area contributed by atoms with Gasteiger partial charge in [0.2, 0.25) is 0 Å². The second kappa shape index (κ2) is 8.54. The molecule has 0 bridgehead atoms. The Labute approximate surface area is 152 Å². The lowest BCUT2D eigenvalue weighted by atomic mass is 9.95. The molecule has 0 amide bonds. The number of allylic oxidation sites excluding steroid dienone is 4. The van der Waals surface area contributed by atoms with E-state index in [-0.39, 0.29) is 11.4 Å². The first-order valence-electron chi connectivity index (χ1n) is 7.95. The zero-order valence-corrected chi connectivity index (χ0v) is 14.8. The predicted octanol–water partition coefficient (Wildman–Crippen LogP) is 3.98. The van der Waals surface area contributed by atoms with Gasteiger partial charge < -0.3 is 4.74 Å². The number of esters is 1. The topological polar surface area (TPSA) is 80.0 Å². The Kier molecular flexibility index (Phi) is 6.18. The predicted molar refractivity (Wildman–Crippen MR) is 98.9 cm³/mol. The van der Waals surface area contributed by atoms with Crippen LogP contribution in [0.25, 0.3) is 11.1 Å². The Morgan fingerprint density at radius 3 is 2.35 bits per heavy atom. The molecule has 0 saturated heterocycles. The number of carbonyl (C=O) groups is 2. The number of pyridine rings is 1. The lowest BCUT2D eigenvalue weighted by molar-refractivity contribution is -0.131. The Morgan fingerprint density at radius 1 is 1.08 bits per heavy atom. The minimum absolute atomic E-state index is 0.0756. The Hall–Kier alpha value is -3.52. The van der Waals surface area contributed by atoms with Crippen molar-refractivity contribution >= 4 is 22.9 Å². The van der Waals surface area contributed by atoms with Gasteiger partial charge in [-0.3, -0.25) is 14.6 Å². The van der Waals surface area contributed by atoms with E-state index in [9.17, 15) is 14.9 Å². The minimum atomic E-state index is -0.399. The van der Waals surface area contributed by atoms with Gasteiger partial charge in [0.05, 0.1) is 0 Å². The fourth-order valence-corrected chi connectivity index (χ4v) is 2.43. The summed E-state index contributed by atoms with van der Waals surface area (Å²) in [5, 5.41) is 9.42. The summed E-state index contributed by atoms with van der Waals surface area (Å²) in [7, 11) is 0. The van der Waals surface area contributed by atoms with E-state index in [0.717, 1.165) is 16.7 Å². The largest absolute Gasteiger partial charge is 0.427 e. The van der Waals surface area contributed by atoms with Crippen molar-refractivity contribution in [3.8, 4) is 11.8 Å². The van der Waals surface area contributed by atoms with Gasteiger partial charge in [-0.25, -0.2) is 0 Å². The second-order valence-corrected chi connectivity index (χ2v) is 5.64. The van der Waals surface area contributed by atoms with Gasteiger partial charge in [-0.1, -0.05) is 12.1 Å². The van der Waals surface area contributed by atoms with Crippen molar-refractivity contribution in [2.24, 2.45) is 0 Å². The molecule has 0 N–H and O–H groups in total. The van der Waals surface area contributed by atoms with Crippen LogP contribution in [0.3, 0.4) is 0 Å². The van der Waals surface area contributed by atoms with Gasteiger partial charge in [0, 0.05) is 24.9 Å². The molecule has 0 unspecified atom stereocenters. The molecule has 0 aliphatic rings. The molecule has 26 heavy (non-hydrogen) atoms. The van der Waals surface area contributed by atoms with Crippen molar-refractivity contribution in [2.45, 2.75) is 20.8 Å². The van der Waals surface area contributed by atoms with E-state index in [2.05, 4.69) is 4.98 Å². The number of hydrogen-bond donors (Lipinski definition) is 0. The molecule has 5 heteroatoms. The van der Waals surface area contributed by atoms with Crippen molar-refractivity contribution in [1.82, 2.24) is 4.98 Å². The molecule has 5 nitrogen and oxygen atoms in total. The van der Waals surface area contributed by atoms with Gasteiger partial charge in [-0.05, 0) is 60.9 Å². The van der Waals surface area contributed by atoms with Crippen LogP contribution in [0.5, 0.6) is 5.75 Å². The number of carbonyl (C=O) groups excluding carboxylic acids is 2. The van der Waals surface area contributed by atoms with Crippen LogP contribution < -0.4 is 4.74 Å². The van der Waals surface area contributed by atoms with Crippen molar-refractivity contribution in [1.29, 1.82) is 5.26 Å². The lowest BCUT2D eigenvalue weighted by Gasteiger charge is -2.09. The molecule has 130 valence electrons. The number of nitrogens with zero attached hydrogens (tertiary/aromatic N) is 2. The third-order valence-corrected chi connectivity index (χ3v) is 3.64. The summed E-state index contributed by atoms with van der Waals surface area (Å²) in [6, 6.07) is 12.5. The molecular weight excluding hydrogens is 328 g/mol. The fourth-order valence-electron chi connectivity index (χ4n) is 2.43. The lowest BCUT2D eigenvalue weighted by Crippen LogP contribution is -2.01. The van der Waals surface area contributed by atoms with Crippen LogP contribution in [0.15, 0.2) is 60.4 Å². The summed E-state index contributed by atoms with van der Waals surface area (Å²) in [5.41, 5.74) is 2.96. The SMILES string of the molecule is CC(=O)Oc1cccc(/C(C)=C/C(=C(/C#N)C(C)=O)c2ccncc2)c1. The average molecular weight is 346 g/mol. The van der Waals surface area contributed by atoms with Crippen molar-refractivity contribution in [3.05, 3.63) is 71.6 Å². The average Bonchev–Trinajstić information content (AvgIpc) is 2.61. The third-order valence-electron chi connectivity index (χ3n) is 3.64. The van der Waals surface area contributed by atoms with Gasteiger partial charge in [0.15, 0.2) is 5.78 Å². The van der Waals surface area contributed by atoms with E-state index in [1.807, 2.05) is 19.1 Å². The molecule has 0 saturated carbocycles. The molecule has 0 spiro atoms. The normalized spacial score (nSPS) is 12.0. The number of hydrogen-bond acceptors (Lipinski definition) is 5. The summed E-state index contributed by atoms with van der Waals surface area (Å²) < 4.78 is 5.11. The summed E-state index contributed by atoms with van der Waals surface area (Å²) in [4.78, 5) is 27.0. The molecule has 0 aliphatic carbocycles. The van der Waals surface area contributed by atoms with Crippen molar-refractivity contribution in [3.63, 3.8) is 0 Å². The maximum absolute atomic E-state index is 11.9. The molecule has 1 aromatic heterocycles. The van der Waals surface area contributed by atoms with Gasteiger partial charge in [0.25, 0.3) is 0 Å². The van der Waals surface area contributed by atoms with E-state index < -0.39 is 5.97 Å². The van der Waals surface area contributed by atoms with E-state index in [1.54, 1.807) is 48.8 Å². The van der Waals surface area contributed by atoms with Crippen molar-refractivity contribution in [2.75, 3.05) is 0 Å². The summed E-state index contributed by atoms with van der Waals surface area (Å²) >= 11 is 0. The monoisotopic (exact) mass is 346 g/mol. The number of ketones is 1. The van der Waals surface area contributed by atoms with Crippen LogP contribution in [0.1, 0.15) is 31.9 Å². The maximum Gasteiger partial charge on any atom is 0.308 e. The molecule has 0 atom stereocenters. The first kappa shape index (κ1) is 18.8. The van der Waals surface area contributed by atoms with Gasteiger partial charge in [-0.15, -0.1) is 0 Å². The minimum Gasteiger partial charge on any atom is -0.427 e. The standard InChI is InChI=1S/C21H18N2O3/c1-14(18-5-4-6-19(12-18)26-16(3)25)11-20(21(13-22)15(2)24)17-7-9-23-10-8-17/h4-12H,1-3H3/b14-11+,21-20+. The van der Waals surface area contributed by atoms with Gasteiger partial charge in [0.1, 0.15) is 17.4 Å². The highest BCUT2D eigenvalue weighted by atomic mass is 16.5. The summed E-state index contributed by atoms with van der Waals surface area (Å²) in [5.74, 6) is -0.272. The highest BCUT2D eigenvalue weighted by molar-refractivity contribution is 6.07. The third kappa shape index (κ3) is 4.74. The molecule has 0 radical (unpaired) electrons. The van der Waals surface area contributed by atoms with Crippen LogP contribution in [0.2, 0.25) is 0 Å². The van der Waals surface area contributed by atoms with Crippen LogP contribution in [-0.2, 0) is 9.59 Å². The first-order chi connectivity index (χ1) is 12.4. The van der Waals surface area contributed by atoms with Crippen LogP contribution in [0, 0.1) is 11.3 Å². The quantitative estimate of drug-likeness (QED) is 0.269. The van der Waals surface area contributed by atoms with Crippen molar-refractivity contribution < 1.29 is 14.3 Å². The number of rotatable bonds is 5. The van der Waals surface area contributed by atoms with E-state index >= 15 is 0 Å². The number of ether oxygens (including phenoxy) is 1. The number of benzene rings is 1. The van der Waals surface area contributed by atoms with Gasteiger partial charge >= 0.3 is 5.97 Å². The smallest absolute Gasteiger partial charge is 0.308 e. The number of Topliss-reactive ketones (excluding diaryl/α,β-unsaturated/α-hetero) is 1. The van der Waals surface area contributed by atoms with Crippen LogP contribution in [0.4, 0.5) is 0 Å². The zero-order chi connectivity index (χ0) is 19.1. The fraction of sp³-hybridized carbons (Fsp3) is 0.143. The highest BCUT2D eigenvalue weighted by Crippen LogP contribution is 2.27. The second-order valence-electron chi connectivity index (χ2n) is 5.64. The van der Waals surface area contributed by atoms with Crippen LogP contribution in [-0.4, -0.2) is 16.7 Å². The molecule has 0 fully saturated rings. The number of nitriles is 1. The molecule has 1 aromatic carbocycles. The summed E-state index contributed by atoms with van der Waals surface area (Å²) in [6.07, 6.45) is 4.99. The number of aromatic nitrogens is 1.